The molecule has 6 nitrogen and oxygen atoms in total. The standard InChI is InChI=1S/C19H15ClN2O4/c1-11-15(20)4-3-5-16(11)22-18(24)14(17(23)21-19(22)25)10-12-6-8-13(26-2)9-7-12/h3-10H,1-2H3,(H,21,23,25)/b14-10+. The van der Waals surface area contributed by atoms with Crippen LogP contribution >= 0.6 is 11.6 Å². The smallest absolute Gasteiger partial charge is 0.335 e. The molecule has 26 heavy (non-hydrogen) atoms. The summed E-state index contributed by atoms with van der Waals surface area (Å²) in [6.07, 6.45) is 1.43. The lowest BCUT2D eigenvalue weighted by Crippen LogP contribution is -2.54. The van der Waals surface area contributed by atoms with Crippen molar-refractivity contribution in [3.63, 3.8) is 0 Å². The van der Waals surface area contributed by atoms with Crippen molar-refractivity contribution in [1.82, 2.24) is 5.32 Å². The first-order chi connectivity index (χ1) is 12.4. The highest BCUT2D eigenvalue weighted by Gasteiger charge is 2.37. The second-order valence-corrected chi connectivity index (χ2v) is 6.02. The number of hydrogen-bond acceptors (Lipinski definition) is 4. The molecule has 1 fully saturated rings. The van der Waals surface area contributed by atoms with E-state index in [2.05, 4.69) is 5.32 Å². The maximum absolute atomic E-state index is 12.8. The molecule has 132 valence electrons. The summed E-state index contributed by atoms with van der Waals surface area (Å²) in [5.41, 5.74) is 1.37. The number of hydrogen-bond donors (Lipinski definition) is 1. The minimum atomic E-state index is -0.808. The zero-order valence-electron chi connectivity index (χ0n) is 14.1. The first-order valence-electron chi connectivity index (χ1n) is 7.73. The Labute approximate surface area is 155 Å². The number of amides is 4. The largest absolute Gasteiger partial charge is 0.497 e. The number of barbiturate groups is 1. The third kappa shape index (κ3) is 3.19. The lowest BCUT2D eigenvalue weighted by Gasteiger charge is -2.27. The van der Waals surface area contributed by atoms with Gasteiger partial charge in [-0.1, -0.05) is 29.8 Å². The topological polar surface area (TPSA) is 75.7 Å². The zero-order valence-corrected chi connectivity index (χ0v) is 14.8. The van der Waals surface area contributed by atoms with Crippen LogP contribution in [0.2, 0.25) is 5.02 Å². The Balaban J connectivity index is 2.02. The Hall–Kier alpha value is -3.12. The highest BCUT2D eigenvalue weighted by Crippen LogP contribution is 2.29. The summed E-state index contributed by atoms with van der Waals surface area (Å²) in [4.78, 5) is 38.2. The molecule has 3 rings (SSSR count). The van der Waals surface area contributed by atoms with E-state index in [0.717, 1.165) is 4.90 Å². The number of anilines is 1. The molecule has 1 heterocycles. The summed E-state index contributed by atoms with van der Waals surface area (Å²) < 4.78 is 5.08. The maximum atomic E-state index is 12.8. The molecule has 1 aliphatic rings. The van der Waals surface area contributed by atoms with Gasteiger partial charge in [-0.05, 0) is 48.4 Å². The van der Waals surface area contributed by atoms with Crippen LogP contribution in [0.4, 0.5) is 10.5 Å². The fraction of sp³-hybridized carbons (Fsp3) is 0.105. The molecule has 0 aliphatic carbocycles. The van der Waals surface area contributed by atoms with Gasteiger partial charge in [0.25, 0.3) is 11.8 Å². The van der Waals surface area contributed by atoms with Gasteiger partial charge in [0.2, 0.25) is 0 Å². The molecule has 0 bridgehead atoms. The monoisotopic (exact) mass is 370 g/mol. The van der Waals surface area contributed by atoms with Crippen molar-refractivity contribution in [2.24, 2.45) is 0 Å². The summed E-state index contributed by atoms with van der Waals surface area (Å²) in [6.45, 7) is 1.70. The van der Waals surface area contributed by atoms with Crippen LogP contribution in [0.5, 0.6) is 5.75 Å². The van der Waals surface area contributed by atoms with Crippen molar-refractivity contribution in [3.8, 4) is 5.75 Å². The Kier molecular flexibility index (Phi) is 4.77. The number of nitrogens with zero attached hydrogens (tertiary/aromatic N) is 1. The Morgan fingerprint density at radius 1 is 1.08 bits per heavy atom. The lowest BCUT2D eigenvalue weighted by atomic mass is 10.1. The second-order valence-electron chi connectivity index (χ2n) is 5.61. The third-order valence-electron chi connectivity index (χ3n) is 4.01. The van der Waals surface area contributed by atoms with Crippen molar-refractivity contribution in [3.05, 3.63) is 64.2 Å². The molecule has 4 amide bonds. The molecule has 0 saturated carbocycles. The summed E-state index contributed by atoms with van der Waals surface area (Å²) in [6, 6.07) is 10.9. The predicted octanol–water partition coefficient (Wildman–Crippen LogP) is 3.32. The van der Waals surface area contributed by atoms with E-state index in [9.17, 15) is 14.4 Å². The number of nitrogens with one attached hydrogen (secondary N) is 1. The minimum Gasteiger partial charge on any atom is -0.497 e. The number of halogens is 1. The number of methoxy groups -OCH3 is 1. The molecule has 0 spiro atoms. The van der Waals surface area contributed by atoms with Crippen molar-refractivity contribution in [1.29, 1.82) is 0 Å². The normalized spacial score (nSPS) is 16.0. The number of carbonyl (C=O) groups is 3. The third-order valence-corrected chi connectivity index (χ3v) is 4.42. The van der Waals surface area contributed by atoms with Gasteiger partial charge in [-0.15, -0.1) is 0 Å². The highest BCUT2D eigenvalue weighted by molar-refractivity contribution is 6.39. The number of carbonyl (C=O) groups excluding carboxylic acids is 3. The van der Waals surface area contributed by atoms with Crippen LogP contribution in [-0.2, 0) is 9.59 Å². The summed E-state index contributed by atoms with van der Waals surface area (Å²) in [5, 5.41) is 2.61. The van der Waals surface area contributed by atoms with Crippen molar-refractivity contribution >= 4 is 41.2 Å². The summed E-state index contributed by atoms with van der Waals surface area (Å²) in [5.74, 6) is -0.801. The molecule has 1 N–H and O–H groups in total. The number of benzene rings is 2. The van der Waals surface area contributed by atoms with E-state index in [1.54, 1.807) is 56.5 Å². The van der Waals surface area contributed by atoms with E-state index in [0.29, 0.717) is 27.6 Å². The number of urea groups is 1. The van der Waals surface area contributed by atoms with Crippen molar-refractivity contribution in [2.45, 2.75) is 6.92 Å². The quantitative estimate of drug-likeness (QED) is 0.664. The average molecular weight is 371 g/mol. The van der Waals surface area contributed by atoms with Crippen molar-refractivity contribution in [2.75, 3.05) is 12.0 Å². The van der Waals surface area contributed by atoms with Crippen LogP contribution in [0, 0.1) is 6.92 Å². The molecule has 0 radical (unpaired) electrons. The van der Waals surface area contributed by atoms with Crippen LogP contribution in [0.3, 0.4) is 0 Å². The zero-order chi connectivity index (χ0) is 18.8. The lowest BCUT2D eigenvalue weighted by molar-refractivity contribution is -0.122. The average Bonchev–Trinajstić information content (AvgIpc) is 2.62. The molecule has 1 saturated heterocycles. The van der Waals surface area contributed by atoms with E-state index in [1.165, 1.54) is 6.08 Å². The molecule has 0 atom stereocenters. The van der Waals surface area contributed by atoms with E-state index in [1.807, 2.05) is 0 Å². The number of imide groups is 2. The van der Waals surface area contributed by atoms with Gasteiger partial charge in [-0.3, -0.25) is 14.9 Å². The molecule has 0 unspecified atom stereocenters. The van der Waals surface area contributed by atoms with Crippen molar-refractivity contribution < 1.29 is 19.1 Å². The van der Waals surface area contributed by atoms with Gasteiger partial charge in [0.15, 0.2) is 0 Å². The minimum absolute atomic E-state index is 0.144. The summed E-state index contributed by atoms with van der Waals surface area (Å²) >= 11 is 6.09. The van der Waals surface area contributed by atoms with Gasteiger partial charge in [-0.25, -0.2) is 9.69 Å². The van der Waals surface area contributed by atoms with Gasteiger partial charge in [0, 0.05) is 5.02 Å². The first kappa shape index (κ1) is 17.7. The molecule has 2 aromatic carbocycles. The summed E-state index contributed by atoms with van der Waals surface area (Å²) in [7, 11) is 1.54. The molecular formula is C19H15ClN2O4. The van der Waals surface area contributed by atoms with Crippen LogP contribution < -0.4 is 15.0 Å². The fourth-order valence-corrected chi connectivity index (χ4v) is 2.75. The van der Waals surface area contributed by atoms with Crippen LogP contribution in [0.1, 0.15) is 11.1 Å². The Morgan fingerprint density at radius 2 is 1.77 bits per heavy atom. The molecule has 2 aromatic rings. The number of rotatable bonds is 3. The van der Waals surface area contributed by atoms with Gasteiger partial charge in [0.1, 0.15) is 11.3 Å². The molecule has 0 aromatic heterocycles. The van der Waals surface area contributed by atoms with E-state index in [-0.39, 0.29) is 5.57 Å². The van der Waals surface area contributed by atoms with Gasteiger partial charge >= 0.3 is 6.03 Å². The van der Waals surface area contributed by atoms with E-state index in [4.69, 9.17) is 16.3 Å². The fourth-order valence-electron chi connectivity index (χ4n) is 2.58. The van der Waals surface area contributed by atoms with Crippen LogP contribution in [0.15, 0.2) is 48.0 Å². The van der Waals surface area contributed by atoms with E-state index < -0.39 is 17.8 Å². The second kappa shape index (κ2) is 7.01. The molecule has 1 aliphatic heterocycles. The van der Waals surface area contributed by atoms with E-state index >= 15 is 0 Å². The van der Waals surface area contributed by atoms with Gasteiger partial charge in [0.05, 0.1) is 12.8 Å². The maximum Gasteiger partial charge on any atom is 0.335 e. The first-order valence-corrected chi connectivity index (χ1v) is 8.11. The molecular weight excluding hydrogens is 356 g/mol. The Bertz CT molecular complexity index is 935. The van der Waals surface area contributed by atoms with Crippen LogP contribution in [0.25, 0.3) is 6.08 Å². The predicted molar refractivity (Wildman–Crippen MR) is 98.2 cm³/mol. The Morgan fingerprint density at radius 3 is 2.42 bits per heavy atom. The van der Waals surface area contributed by atoms with Gasteiger partial charge in [-0.2, -0.15) is 0 Å². The van der Waals surface area contributed by atoms with Crippen LogP contribution in [-0.4, -0.2) is 25.0 Å². The SMILES string of the molecule is COc1ccc(/C=C2\C(=O)NC(=O)N(c3cccc(Cl)c3C)C2=O)cc1. The number of ether oxygens (including phenoxy) is 1. The highest BCUT2D eigenvalue weighted by atomic mass is 35.5. The van der Waals surface area contributed by atoms with Gasteiger partial charge < -0.3 is 4.74 Å². The molecule has 7 heteroatoms.